The first-order valence-corrected chi connectivity index (χ1v) is 7.01. The van der Waals surface area contributed by atoms with Gasteiger partial charge in [-0.25, -0.2) is 0 Å². The third-order valence-corrected chi connectivity index (χ3v) is 3.56. The Balaban J connectivity index is 2.20. The predicted molar refractivity (Wildman–Crippen MR) is 77.3 cm³/mol. The lowest BCUT2D eigenvalue weighted by Gasteiger charge is -2.20. The molecule has 1 saturated heterocycles. The average molecular weight is 278 g/mol. The third kappa shape index (κ3) is 2.95. The molecule has 1 aromatic heterocycles. The SMILES string of the molecule is CCCn1cc(N)cc1C(=O)N1CCCN(C)C(=O)C1. The van der Waals surface area contributed by atoms with Crippen LogP contribution in [0.15, 0.2) is 12.3 Å². The van der Waals surface area contributed by atoms with E-state index in [1.165, 1.54) is 0 Å². The lowest BCUT2D eigenvalue weighted by atomic mass is 10.3. The molecule has 0 atom stereocenters. The summed E-state index contributed by atoms with van der Waals surface area (Å²) in [5.74, 6) is -0.129. The van der Waals surface area contributed by atoms with Gasteiger partial charge < -0.3 is 20.1 Å². The maximum absolute atomic E-state index is 12.6. The van der Waals surface area contributed by atoms with Crippen molar-refractivity contribution in [3.05, 3.63) is 18.0 Å². The van der Waals surface area contributed by atoms with Crippen LogP contribution >= 0.6 is 0 Å². The third-order valence-electron chi connectivity index (χ3n) is 3.56. The highest BCUT2D eigenvalue weighted by atomic mass is 16.2. The van der Waals surface area contributed by atoms with Crippen LogP contribution in [0.4, 0.5) is 5.69 Å². The number of amides is 2. The van der Waals surface area contributed by atoms with Crippen molar-refractivity contribution >= 4 is 17.5 Å². The highest BCUT2D eigenvalue weighted by Crippen LogP contribution is 2.15. The summed E-state index contributed by atoms with van der Waals surface area (Å²) in [6.45, 7) is 4.24. The van der Waals surface area contributed by atoms with Crippen LogP contribution < -0.4 is 5.73 Å². The van der Waals surface area contributed by atoms with Gasteiger partial charge >= 0.3 is 0 Å². The molecule has 0 radical (unpaired) electrons. The Labute approximate surface area is 119 Å². The summed E-state index contributed by atoms with van der Waals surface area (Å²) in [4.78, 5) is 27.8. The van der Waals surface area contributed by atoms with Gasteiger partial charge in [0, 0.05) is 32.9 Å². The number of anilines is 1. The maximum Gasteiger partial charge on any atom is 0.271 e. The van der Waals surface area contributed by atoms with Gasteiger partial charge in [0.05, 0.1) is 5.69 Å². The minimum absolute atomic E-state index is 0.0163. The molecule has 0 unspecified atom stereocenters. The number of likely N-dealkylation sites (N-methyl/N-ethyl adjacent to an activating group) is 1. The molecule has 0 spiro atoms. The van der Waals surface area contributed by atoms with Crippen molar-refractivity contribution in [2.24, 2.45) is 0 Å². The molecule has 0 aromatic carbocycles. The molecule has 2 heterocycles. The molecule has 0 saturated carbocycles. The first kappa shape index (κ1) is 14.4. The Morgan fingerprint density at radius 2 is 2.15 bits per heavy atom. The van der Waals surface area contributed by atoms with Gasteiger partial charge in [0.15, 0.2) is 0 Å². The summed E-state index contributed by atoms with van der Waals surface area (Å²) in [6, 6.07) is 1.69. The van der Waals surface area contributed by atoms with Crippen LogP contribution in [-0.2, 0) is 11.3 Å². The molecule has 0 aliphatic carbocycles. The molecule has 1 aliphatic rings. The number of carbonyl (C=O) groups excluding carboxylic acids is 2. The van der Waals surface area contributed by atoms with Crippen LogP contribution in [0.25, 0.3) is 0 Å². The van der Waals surface area contributed by atoms with Crippen LogP contribution in [0, 0.1) is 0 Å². The number of nitrogens with two attached hydrogens (primary N) is 1. The van der Waals surface area contributed by atoms with Gasteiger partial charge in [-0.15, -0.1) is 0 Å². The molecule has 20 heavy (non-hydrogen) atoms. The second-order valence-corrected chi connectivity index (χ2v) is 5.25. The number of carbonyl (C=O) groups is 2. The van der Waals surface area contributed by atoms with Gasteiger partial charge in [-0.1, -0.05) is 6.92 Å². The zero-order valence-corrected chi connectivity index (χ0v) is 12.1. The molecule has 2 amide bonds. The predicted octanol–water partition coefficient (Wildman–Crippen LogP) is 0.785. The number of hydrogen-bond donors (Lipinski definition) is 1. The standard InChI is InChI=1S/C14H22N4O2/c1-3-5-17-9-11(15)8-12(17)14(20)18-7-4-6-16(2)13(19)10-18/h8-9H,3-7,10,15H2,1-2H3. The smallest absolute Gasteiger partial charge is 0.271 e. The Bertz CT molecular complexity index is 509. The second-order valence-electron chi connectivity index (χ2n) is 5.25. The van der Waals surface area contributed by atoms with E-state index in [9.17, 15) is 9.59 Å². The summed E-state index contributed by atoms with van der Waals surface area (Å²) in [5, 5.41) is 0. The zero-order chi connectivity index (χ0) is 14.7. The van der Waals surface area contributed by atoms with Crippen LogP contribution in [0.3, 0.4) is 0 Å². The van der Waals surface area contributed by atoms with E-state index in [1.807, 2.05) is 4.57 Å². The van der Waals surface area contributed by atoms with Crippen molar-refractivity contribution in [2.45, 2.75) is 26.3 Å². The van der Waals surface area contributed by atoms with Gasteiger partial charge in [-0.05, 0) is 18.9 Å². The molecular formula is C14H22N4O2. The number of hydrogen-bond acceptors (Lipinski definition) is 3. The number of rotatable bonds is 3. The second kappa shape index (κ2) is 5.98. The Hall–Kier alpha value is -1.98. The Morgan fingerprint density at radius 3 is 2.85 bits per heavy atom. The molecule has 1 fully saturated rings. The highest BCUT2D eigenvalue weighted by Gasteiger charge is 2.25. The molecule has 1 aliphatic heterocycles. The number of nitrogens with zero attached hydrogens (tertiary/aromatic N) is 3. The zero-order valence-electron chi connectivity index (χ0n) is 12.1. The van der Waals surface area contributed by atoms with E-state index in [2.05, 4.69) is 6.92 Å². The van der Waals surface area contributed by atoms with Gasteiger partial charge in [-0.2, -0.15) is 0 Å². The fraction of sp³-hybridized carbons (Fsp3) is 0.571. The number of nitrogen functional groups attached to an aromatic ring is 1. The Morgan fingerprint density at radius 1 is 1.40 bits per heavy atom. The summed E-state index contributed by atoms with van der Waals surface area (Å²) in [6.07, 6.45) is 3.51. The van der Waals surface area contributed by atoms with Crippen LogP contribution in [-0.4, -0.2) is 52.9 Å². The molecule has 2 rings (SSSR count). The molecular weight excluding hydrogens is 256 g/mol. The van der Waals surface area contributed by atoms with E-state index in [0.29, 0.717) is 24.5 Å². The van der Waals surface area contributed by atoms with Gasteiger partial charge in [0.2, 0.25) is 5.91 Å². The summed E-state index contributed by atoms with van der Waals surface area (Å²) < 4.78 is 1.87. The van der Waals surface area contributed by atoms with Gasteiger partial charge in [-0.3, -0.25) is 9.59 Å². The quantitative estimate of drug-likeness (QED) is 0.888. The minimum Gasteiger partial charge on any atom is -0.397 e. The van der Waals surface area contributed by atoms with E-state index >= 15 is 0 Å². The maximum atomic E-state index is 12.6. The average Bonchev–Trinajstić information content (AvgIpc) is 2.68. The molecule has 110 valence electrons. The van der Waals surface area contributed by atoms with E-state index in [-0.39, 0.29) is 18.4 Å². The molecule has 6 nitrogen and oxygen atoms in total. The van der Waals surface area contributed by atoms with Gasteiger partial charge in [0.1, 0.15) is 12.2 Å². The molecule has 1 aromatic rings. The van der Waals surface area contributed by atoms with E-state index in [1.54, 1.807) is 29.1 Å². The molecule has 2 N–H and O–H groups in total. The van der Waals surface area contributed by atoms with Crippen molar-refractivity contribution in [3.63, 3.8) is 0 Å². The van der Waals surface area contributed by atoms with Gasteiger partial charge in [0.25, 0.3) is 5.91 Å². The summed E-state index contributed by atoms with van der Waals surface area (Å²) in [7, 11) is 1.77. The largest absolute Gasteiger partial charge is 0.397 e. The van der Waals surface area contributed by atoms with Crippen molar-refractivity contribution in [1.29, 1.82) is 0 Å². The monoisotopic (exact) mass is 278 g/mol. The fourth-order valence-electron chi connectivity index (χ4n) is 2.46. The van der Waals surface area contributed by atoms with E-state index in [0.717, 1.165) is 19.4 Å². The topological polar surface area (TPSA) is 71.6 Å². The van der Waals surface area contributed by atoms with Crippen molar-refractivity contribution < 1.29 is 9.59 Å². The summed E-state index contributed by atoms with van der Waals surface area (Å²) >= 11 is 0. The van der Waals surface area contributed by atoms with E-state index < -0.39 is 0 Å². The number of aryl methyl sites for hydroxylation is 1. The fourth-order valence-corrected chi connectivity index (χ4v) is 2.46. The lowest BCUT2D eigenvalue weighted by molar-refractivity contribution is -0.129. The van der Waals surface area contributed by atoms with Crippen molar-refractivity contribution in [2.75, 3.05) is 32.4 Å². The van der Waals surface area contributed by atoms with Crippen molar-refractivity contribution in [1.82, 2.24) is 14.4 Å². The molecule has 6 heteroatoms. The van der Waals surface area contributed by atoms with E-state index in [4.69, 9.17) is 5.73 Å². The highest BCUT2D eigenvalue weighted by molar-refractivity contribution is 5.96. The van der Waals surface area contributed by atoms with Crippen LogP contribution in [0.5, 0.6) is 0 Å². The summed E-state index contributed by atoms with van der Waals surface area (Å²) in [5.41, 5.74) is 6.94. The Kier molecular flexibility index (Phi) is 4.32. The normalized spacial score (nSPS) is 16.4. The van der Waals surface area contributed by atoms with Crippen LogP contribution in [0.1, 0.15) is 30.3 Å². The van der Waals surface area contributed by atoms with Crippen molar-refractivity contribution in [3.8, 4) is 0 Å². The first-order valence-electron chi connectivity index (χ1n) is 7.01. The number of aromatic nitrogens is 1. The lowest BCUT2D eigenvalue weighted by Crippen LogP contribution is -2.38. The first-order chi connectivity index (χ1) is 9.52. The van der Waals surface area contributed by atoms with Crippen LogP contribution in [0.2, 0.25) is 0 Å². The minimum atomic E-state index is -0.112. The molecule has 0 bridgehead atoms.